The molecule has 1 heterocycles. The molecule has 2 atom stereocenters. The number of benzene rings is 2. The number of ether oxygens (including phenoxy) is 1. The van der Waals surface area contributed by atoms with E-state index in [1.807, 2.05) is 18.2 Å². The lowest BCUT2D eigenvalue weighted by atomic mass is 9.93. The van der Waals surface area contributed by atoms with Crippen molar-refractivity contribution < 1.29 is 14.2 Å². The van der Waals surface area contributed by atoms with Crippen LogP contribution in [-0.4, -0.2) is 5.11 Å². The van der Waals surface area contributed by atoms with Crippen molar-refractivity contribution in [1.29, 1.82) is 0 Å². The Morgan fingerprint density at radius 2 is 2.05 bits per heavy atom. The average Bonchev–Trinajstić information content (AvgIpc) is 2.41. The van der Waals surface area contributed by atoms with E-state index in [4.69, 9.17) is 10.5 Å². The van der Waals surface area contributed by atoms with E-state index in [9.17, 15) is 9.50 Å². The van der Waals surface area contributed by atoms with Gasteiger partial charge in [0.25, 0.3) is 0 Å². The van der Waals surface area contributed by atoms with Crippen LogP contribution in [0.2, 0.25) is 0 Å². The van der Waals surface area contributed by atoms with Crippen LogP contribution in [0.5, 0.6) is 11.5 Å². The van der Waals surface area contributed by atoms with Crippen LogP contribution in [0.25, 0.3) is 0 Å². The Balaban J connectivity index is 1.96. The highest BCUT2D eigenvalue weighted by molar-refractivity contribution is 9.10. The Bertz CT molecular complexity index is 662. The van der Waals surface area contributed by atoms with Crippen LogP contribution in [0.4, 0.5) is 4.39 Å². The monoisotopic (exact) mass is 337 g/mol. The summed E-state index contributed by atoms with van der Waals surface area (Å²) in [4.78, 5) is 0. The number of fused-ring (bicyclic) bond motifs is 1. The van der Waals surface area contributed by atoms with Crippen molar-refractivity contribution in [2.45, 2.75) is 18.6 Å². The first-order chi connectivity index (χ1) is 9.54. The fraction of sp³-hybridized carbons (Fsp3) is 0.200. The number of rotatable bonds is 1. The zero-order chi connectivity index (χ0) is 14.3. The van der Waals surface area contributed by atoms with Gasteiger partial charge in [0.05, 0.1) is 0 Å². The number of halogens is 2. The predicted octanol–water partition coefficient (Wildman–Crippen LogP) is 3.82. The van der Waals surface area contributed by atoms with Crippen molar-refractivity contribution in [3.8, 4) is 11.5 Å². The standard InChI is InChI=1S/C15H13BrFNO2/c16-9-2-3-10-12(18)7-14(20-15(10)6-9)8-1-4-13(19)11(17)5-8/h1-6,12,14,19H,7,18H2/t12-,14?/m0/s1. The number of aromatic hydroxyl groups is 1. The third-order valence-electron chi connectivity index (χ3n) is 3.46. The molecule has 2 aromatic rings. The summed E-state index contributed by atoms with van der Waals surface area (Å²) in [7, 11) is 0. The molecule has 0 fully saturated rings. The summed E-state index contributed by atoms with van der Waals surface area (Å²) in [6, 6.07) is 9.82. The van der Waals surface area contributed by atoms with Gasteiger partial charge in [0.1, 0.15) is 11.9 Å². The third-order valence-corrected chi connectivity index (χ3v) is 3.95. The van der Waals surface area contributed by atoms with Gasteiger partial charge in [-0.05, 0) is 29.8 Å². The minimum absolute atomic E-state index is 0.159. The lowest BCUT2D eigenvalue weighted by Gasteiger charge is -2.30. The molecule has 0 bridgehead atoms. The van der Waals surface area contributed by atoms with Crippen molar-refractivity contribution in [2.24, 2.45) is 5.73 Å². The van der Waals surface area contributed by atoms with Crippen LogP contribution in [0.3, 0.4) is 0 Å². The van der Waals surface area contributed by atoms with Gasteiger partial charge in [-0.15, -0.1) is 0 Å². The van der Waals surface area contributed by atoms with Gasteiger partial charge in [-0.2, -0.15) is 0 Å². The van der Waals surface area contributed by atoms with Gasteiger partial charge in [0.2, 0.25) is 0 Å². The molecule has 5 heteroatoms. The van der Waals surface area contributed by atoms with Gasteiger partial charge < -0.3 is 15.6 Å². The van der Waals surface area contributed by atoms with E-state index in [1.165, 1.54) is 12.1 Å². The number of phenolic OH excluding ortho intramolecular Hbond substituents is 1. The summed E-state index contributed by atoms with van der Waals surface area (Å²) in [6.07, 6.45) is 0.251. The van der Waals surface area contributed by atoms with E-state index in [0.717, 1.165) is 10.0 Å². The third kappa shape index (κ3) is 2.39. The molecule has 3 N–H and O–H groups in total. The van der Waals surface area contributed by atoms with Gasteiger partial charge >= 0.3 is 0 Å². The summed E-state index contributed by atoms with van der Waals surface area (Å²) in [6.45, 7) is 0. The summed E-state index contributed by atoms with van der Waals surface area (Å²) in [5.74, 6) is -0.312. The summed E-state index contributed by atoms with van der Waals surface area (Å²) < 4.78 is 20.3. The molecule has 1 aliphatic heterocycles. The van der Waals surface area contributed by atoms with Crippen LogP contribution in [0.15, 0.2) is 40.9 Å². The minimum atomic E-state index is -0.653. The van der Waals surface area contributed by atoms with Crippen LogP contribution in [0, 0.1) is 5.82 Å². The molecule has 3 nitrogen and oxygen atoms in total. The quantitative estimate of drug-likeness (QED) is 0.831. The maximum Gasteiger partial charge on any atom is 0.165 e. The van der Waals surface area contributed by atoms with Gasteiger partial charge in [0.15, 0.2) is 11.6 Å². The molecule has 2 aromatic carbocycles. The molecule has 1 unspecified atom stereocenters. The molecular formula is C15H13BrFNO2. The van der Waals surface area contributed by atoms with Gasteiger partial charge in [-0.25, -0.2) is 4.39 Å². The zero-order valence-electron chi connectivity index (χ0n) is 10.5. The van der Waals surface area contributed by atoms with Crippen LogP contribution in [-0.2, 0) is 0 Å². The number of hydrogen-bond acceptors (Lipinski definition) is 3. The van der Waals surface area contributed by atoms with Crippen molar-refractivity contribution in [3.05, 3.63) is 57.8 Å². The van der Waals surface area contributed by atoms with Gasteiger partial charge in [-0.3, -0.25) is 0 Å². The molecule has 0 saturated carbocycles. The molecular weight excluding hydrogens is 325 g/mol. The van der Waals surface area contributed by atoms with E-state index < -0.39 is 5.82 Å². The van der Waals surface area contributed by atoms with E-state index in [2.05, 4.69) is 15.9 Å². The van der Waals surface area contributed by atoms with Crippen molar-refractivity contribution in [3.63, 3.8) is 0 Å². The highest BCUT2D eigenvalue weighted by Gasteiger charge is 2.27. The lowest BCUT2D eigenvalue weighted by Crippen LogP contribution is -2.24. The lowest BCUT2D eigenvalue weighted by molar-refractivity contribution is 0.161. The Morgan fingerprint density at radius 1 is 1.25 bits per heavy atom. The molecule has 0 aliphatic carbocycles. The normalized spacial score (nSPS) is 21.1. The Morgan fingerprint density at radius 3 is 2.80 bits per heavy atom. The number of nitrogens with two attached hydrogens (primary N) is 1. The first kappa shape index (κ1) is 13.4. The van der Waals surface area contributed by atoms with Crippen molar-refractivity contribution >= 4 is 15.9 Å². The molecule has 20 heavy (non-hydrogen) atoms. The molecule has 0 amide bonds. The first-order valence-corrected chi connectivity index (χ1v) is 7.04. The summed E-state index contributed by atoms with van der Waals surface area (Å²) >= 11 is 3.39. The van der Waals surface area contributed by atoms with Crippen LogP contribution in [0.1, 0.15) is 29.7 Å². The van der Waals surface area contributed by atoms with Crippen molar-refractivity contribution in [2.75, 3.05) is 0 Å². The minimum Gasteiger partial charge on any atom is -0.505 e. The fourth-order valence-corrected chi connectivity index (χ4v) is 2.74. The second kappa shape index (κ2) is 5.07. The molecule has 1 aliphatic rings. The molecule has 0 aromatic heterocycles. The van der Waals surface area contributed by atoms with E-state index in [1.54, 1.807) is 6.07 Å². The number of phenols is 1. The Labute approximate surface area is 124 Å². The topological polar surface area (TPSA) is 55.5 Å². The predicted molar refractivity (Wildman–Crippen MR) is 77.1 cm³/mol. The largest absolute Gasteiger partial charge is 0.505 e. The molecule has 0 radical (unpaired) electrons. The summed E-state index contributed by atoms with van der Waals surface area (Å²) in [5, 5.41) is 9.24. The molecule has 0 saturated heterocycles. The van der Waals surface area contributed by atoms with Gasteiger partial charge in [-0.1, -0.05) is 28.1 Å². The zero-order valence-corrected chi connectivity index (χ0v) is 12.1. The molecule has 104 valence electrons. The van der Waals surface area contributed by atoms with Crippen molar-refractivity contribution in [1.82, 2.24) is 0 Å². The second-order valence-corrected chi connectivity index (χ2v) is 5.76. The maximum absolute atomic E-state index is 13.4. The second-order valence-electron chi connectivity index (χ2n) is 4.84. The van der Waals surface area contributed by atoms with Crippen LogP contribution >= 0.6 is 15.9 Å². The molecule has 0 spiro atoms. The highest BCUT2D eigenvalue weighted by Crippen LogP contribution is 2.41. The fourth-order valence-electron chi connectivity index (χ4n) is 2.40. The van der Waals surface area contributed by atoms with E-state index in [0.29, 0.717) is 17.7 Å². The average molecular weight is 338 g/mol. The number of hydrogen-bond donors (Lipinski definition) is 2. The maximum atomic E-state index is 13.4. The highest BCUT2D eigenvalue weighted by atomic mass is 79.9. The van der Waals surface area contributed by atoms with Gasteiger partial charge in [0, 0.05) is 22.5 Å². The van der Waals surface area contributed by atoms with Crippen LogP contribution < -0.4 is 10.5 Å². The smallest absolute Gasteiger partial charge is 0.165 e. The summed E-state index contributed by atoms with van der Waals surface area (Å²) in [5.41, 5.74) is 7.77. The van der Waals surface area contributed by atoms with E-state index >= 15 is 0 Å². The van der Waals surface area contributed by atoms with E-state index in [-0.39, 0.29) is 17.9 Å². The Hall–Kier alpha value is -1.59. The Kier molecular flexibility index (Phi) is 3.40. The first-order valence-electron chi connectivity index (χ1n) is 6.24. The SMILES string of the molecule is N[C@H]1CC(c2ccc(O)c(F)c2)Oc2cc(Br)ccc21. The molecule has 3 rings (SSSR count).